The SMILES string of the molecule is CCCCCCCCCCCC1=NC(=Cc2[nH]c(-c3cc4cc(C#N)ccc4[nH]3)cc2OC)C=C1. The van der Waals surface area contributed by atoms with Crippen molar-refractivity contribution in [2.24, 2.45) is 4.99 Å². The monoisotopic (exact) mass is 468 g/mol. The summed E-state index contributed by atoms with van der Waals surface area (Å²) in [6.45, 7) is 2.27. The number of fused-ring (bicyclic) bond motifs is 1. The number of hydrogen-bond donors (Lipinski definition) is 2. The van der Waals surface area contributed by atoms with Crippen LogP contribution in [0, 0.1) is 11.3 Å². The van der Waals surface area contributed by atoms with Crippen molar-refractivity contribution in [2.45, 2.75) is 71.1 Å². The van der Waals surface area contributed by atoms with E-state index in [2.05, 4.69) is 41.2 Å². The molecule has 0 atom stereocenters. The minimum Gasteiger partial charge on any atom is -0.494 e. The van der Waals surface area contributed by atoms with E-state index in [1.165, 1.54) is 57.8 Å². The van der Waals surface area contributed by atoms with Crippen molar-refractivity contribution in [3.8, 4) is 23.2 Å². The van der Waals surface area contributed by atoms with Crippen LogP contribution in [0.25, 0.3) is 28.4 Å². The molecule has 0 fully saturated rings. The average molecular weight is 469 g/mol. The van der Waals surface area contributed by atoms with Crippen molar-refractivity contribution in [3.63, 3.8) is 0 Å². The molecule has 2 N–H and O–H groups in total. The molecule has 0 bridgehead atoms. The summed E-state index contributed by atoms with van der Waals surface area (Å²) in [6.07, 6.45) is 19.3. The second-order valence-corrected chi connectivity index (χ2v) is 9.35. The van der Waals surface area contributed by atoms with E-state index >= 15 is 0 Å². The Balaban J connectivity index is 1.34. The molecule has 4 rings (SSSR count). The highest BCUT2D eigenvalue weighted by Gasteiger charge is 2.13. The lowest BCUT2D eigenvalue weighted by molar-refractivity contribution is 0.414. The fourth-order valence-corrected chi connectivity index (χ4v) is 4.63. The summed E-state index contributed by atoms with van der Waals surface area (Å²) in [5.41, 5.74) is 6.54. The molecular formula is C30H36N4O. The third-order valence-corrected chi connectivity index (χ3v) is 6.62. The highest BCUT2D eigenvalue weighted by Crippen LogP contribution is 2.31. The topological polar surface area (TPSA) is 77.0 Å². The Hall–Kier alpha value is -3.52. The highest BCUT2D eigenvalue weighted by molar-refractivity contribution is 5.99. The normalized spacial score (nSPS) is 14.1. The maximum Gasteiger partial charge on any atom is 0.144 e. The predicted octanol–water partition coefficient (Wildman–Crippen LogP) is 8.32. The Morgan fingerprint density at radius 3 is 2.40 bits per heavy atom. The van der Waals surface area contributed by atoms with Crippen LogP contribution in [0.1, 0.15) is 82.4 Å². The number of aromatic amines is 2. The number of allylic oxidation sites excluding steroid dienone is 2. The summed E-state index contributed by atoms with van der Waals surface area (Å²) in [5, 5.41) is 10.2. The maximum atomic E-state index is 9.16. The third-order valence-electron chi connectivity index (χ3n) is 6.62. The van der Waals surface area contributed by atoms with E-state index in [1.54, 1.807) is 7.11 Å². The molecule has 3 aromatic rings. The van der Waals surface area contributed by atoms with Crippen LogP contribution in [-0.2, 0) is 0 Å². The van der Waals surface area contributed by atoms with Crippen LogP contribution >= 0.6 is 0 Å². The van der Waals surface area contributed by atoms with Crippen molar-refractivity contribution in [2.75, 3.05) is 7.11 Å². The van der Waals surface area contributed by atoms with Gasteiger partial charge in [0.1, 0.15) is 5.75 Å². The first-order valence-corrected chi connectivity index (χ1v) is 13.0. The van der Waals surface area contributed by atoms with Gasteiger partial charge in [0, 0.05) is 22.7 Å². The molecule has 1 aliphatic heterocycles. The van der Waals surface area contributed by atoms with E-state index in [-0.39, 0.29) is 0 Å². The molecule has 1 aromatic carbocycles. The quantitative estimate of drug-likeness (QED) is 0.247. The highest BCUT2D eigenvalue weighted by atomic mass is 16.5. The van der Waals surface area contributed by atoms with E-state index < -0.39 is 0 Å². The molecule has 1 aliphatic rings. The Labute approximate surface area is 208 Å². The second kappa shape index (κ2) is 12.3. The van der Waals surface area contributed by atoms with Crippen LogP contribution in [0.4, 0.5) is 0 Å². The number of methoxy groups -OCH3 is 1. The zero-order valence-corrected chi connectivity index (χ0v) is 21.0. The molecule has 5 heteroatoms. The lowest BCUT2D eigenvalue weighted by Crippen LogP contribution is -1.90. The van der Waals surface area contributed by atoms with Gasteiger partial charge in [-0.3, -0.25) is 4.99 Å². The number of aliphatic imine (C=N–C) groups is 1. The van der Waals surface area contributed by atoms with Gasteiger partial charge in [-0.15, -0.1) is 0 Å². The van der Waals surface area contributed by atoms with Gasteiger partial charge < -0.3 is 14.7 Å². The van der Waals surface area contributed by atoms with Crippen LogP contribution < -0.4 is 4.74 Å². The minimum atomic E-state index is 0.654. The van der Waals surface area contributed by atoms with Gasteiger partial charge in [0.05, 0.1) is 41.5 Å². The van der Waals surface area contributed by atoms with Gasteiger partial charge in [0.2, 0.25) is 0 Å². The van der Waals surface area contributed by atoms with Crippen LogP contribution in [-0.4, -0.2) is 22.8 Å². The van der Waals surface area contributed by atoms with Gasteiger partial charge in [-0.25, -0.2) is 0 Å². The van der Waals surface area contributed by atoms with Gasteiger partial charge in [0.25, 0.3) is 0 Å². The van der Waals surface area contributed by atoms with Crippen LogP contribution in [0.5, 0.6) is 5.75 Å². The minimum absolute atomic E-state index is 0.654. The first-order chi connectivity index (χ1) is 17.2. The number of hydrogen-bond acceptors (Lipinski definition) is 3. The molecular weight excluding hydrogens is 432 g/mol. The van der Waals surface area contributed by atoms with Crippen LogP contribution in [0.2, 0.25) is 0 Å². The van der Waals surface area contributed by atoms with Gasteiger partial charge in [0.15, 0.2) is 0 Å². The van der Waals surface area contributed by atoms with Crippen molar-refractivity contribution < 1.29 is 4.74 Å². The number of nitrogens with zero attached hydrogens (tertiary/aromatic N) is 2. The van der Waals surface area contributed by atoms with Crippen molar-refractivity contribution in [3.05, 3.63) is 59.4 Å². The Morgan fingerprint density at radius 1 is 0.914 bits per heavy atom. The van der Waals surface area contributed by atoms with E-state index in [4.69, 9.17) is 15.0 Å². The van der Waals surface area contributed by atoms with Crippen LogP contribution in [0.3, 0.4) is 0 Å². The van der Waals surface area contributed by atoms with Gasteiger partial charge in [-0.2, -0.15) is 5.26 Å². The van der Waals surface area contributed by atoms with E-state index in [0.29, 0.717) is 5.56 Å². The molecule has 0 radical (unpaired) electrons. The second-order valence-electron chi connectivity index (χ2n) is 9.35. The Morgan fingerprint density at radius 2 is 1.66 bits per heavy atom. The summed E-state index contributed by atoms with van der Waals surface area (Å²) < 4.78 is 5.62. The summed E-state index contributed by atoms with van der Waals surface area (Å²) in [6, 6.07) is 11.9. The number of nitrogens with one attached hydrogen (secondary N) is 2. The number of ether oxygens (including phenoxy) is 1. The van der Waals surface area contributed by atoms with E-state index in [9.17, 15) is 0 Å². The van der Waals surface area contributed by atoms with Gasteiger partial charge >= 0.3 is 0 Å². The van der Waals surface area contributed by atoms with Crippen molar-refractivity contribution >= 4 is 22.7 Å². The summed E-state index contributed by atoms with van der Waals surface area (Å²) >= 11 is 0. The van der Waals surface area contributed by atoms with Crippen LogP contribution in [0.15, 0.2) is 53.2 Å². The molecule has 0 saturated heterocycles. The molecule has 0 saturated carbocycles. The molecule has 0 amide bonds. The van der Waals surface area contributed by atoms with Crippen molar-refractivity contribution in [1.29, 1.82) is 5.26 Å². The molecule has 0 unspecified atom stereocenters. The molecule has 0 spiro atoms. The number of H-pyrrole nitrogens is 2. The smallest absolute Gasteiger partial charge is 0.144 e. The molecule has 0 aliphatic carbocycles. The summed E-state index contributed by atoms with van der Waals surface area (Å²) in [4.78, 5) is 11.7. The van der Waals surface area contributed by atoms with Gasteiger partial charge in [-0.05, 0) is 55.3 Å². The molecule has 5 nitrogen and oxygen atoms in total. The molecule has 35 heavy (non-hydrogen) atoms. The number of aromatic nitrogens is 2. The van der Waals surface area contributed by atoms with Gasteiger partial charge in [-0.1, -0.05) is 58.3 Å². The van der Waals surface area contributed by atoms with E-state index in [1.807, 2.05) is 30.3 Å². The Kier molecular flexibility index (Phi) is 8.62. The molecule has 3 heterocycles. The van der Waals surface area contributed by atoms with Crippen molar-refractivity contribution in [1.82, 2.24) is 9.97 Å². The molecule has 2 aromatic heterocycles. The summed E-state index contributed by atoms with van der Waals surface area (Å²) in [5.74, 6) is 0.778. The lowest BCUT2D eigenvalue weighted by atomic mass is 10.1. The maximum absolute atomic E-state index is 9.16. The number of unbranched alkanes of at least 4 members (excludes halogenated alkanes) is 8. The first kappa shape index (κ1) is 24.6. The average Bonchev–Trinajstić information content (AvgIpc) is 3.60. The largest absolute Gasteiger partial charge is 0.494 e. The fourth-order valence-electron chi connectivity index (χ4n) is 4.63. The fraction of sp³-hybridized carbons (Fsp3) is 0.400. The summed E-state index contributed by atoms with van der Waals surface area (Å²) in [7, 11) is 1.68. The third kappa shape index (κ3) is 6.54. The predicted molar refractivity (Wildman–Crippen MR) is 146 cm³/mol. The number of rotatable bonds is 13. The number of benzene rings is 1. The zero-order valence-electron chi connectivity index (χ0n) is 21.0. The standard InChI is InChI=1S/C30H36N4O/c1-3-4-5-6-7-8-9-10-11-12-24-14-15-25(32-24)19-29-30(35-2)20-28(34-29)27-18-23-17-22(21-31)13-16-26(23)33-27/h13-20,33-34H,3-12H2,1-2H3. The van der Waals surface area contributed by atoms with E-state index in [0.717, 1.165) is 51.6 Å². The first-order valence-electron chi connectivity index (χ1n) is 13.0. The zero-order chi connectivity index (χ0) is 24.5. The number of nitriles is 1. The lowest BCUT2D eigenvalue weighted by Gasteiger charge is -2.02. The Bertz CT molecular complexity index is 1270. The molecule has 182 valence electrons.